The summed E-state index contributed by atoms with van der Waals surface area (Å²) < 4.78 is 0.700. The first kappa shape index (κ1) is 13.6. The summed E-state index contributed by atoms with van der Waals surface area (Å²) in [5, 5.41) is 12.6. The van der Waals surface area contributed by atoms with Crippen molar-refractivity contribution in [2.45, 2.75) is 0 Å². The number of pyridine rings is 1. The molecule has 0 bridgehead atoms. The fraction of sp³-hybridized carbons (Fsp3) is 0. The van der Waals surface area contributed by atoms with E-state index in [9.17, 15) is 4.79 Å². The minimum atomic E-state index is -1.10. The first-order valence-corrected chi connectivity index (χ1v) is 6.35. The van der Waals surface area contributed by atoms with Crippen LogP contribution in [0.5, 0.6) is 0 Å². The third-order valence-corrected chi connectivity index (χ3v) is 3.54. The van der Waals surface area contributed by atoms with Crippen molar-refractivity contribution in [3.63, 3.8) is 0 Å². The van der Waals surface area contributed by atoms with Crippen LogP contribution < -0.4 is 11.1 Å². The third kappa shape index (κ3) is 3.15. The van der Waals surface area contributed by atoms with Crippen LogP contribution >= 0.6 is 27.5 Å². The first-order valence-electron chi connectivity index (χ1n) is 5.18. The molecule has 0 spiro atoms. The van der Waals surface area contributed by atoms with Crippen molar-refractivity contribution in [2.24, 2.45) is 0 Å². The van der Waals surface area contributed by atoms with Crippen LogP contribution in [-0.2, 0) is 0 Å². The lowest BCUT2D eigenvalue weighted by Crippen LogP contribution is -2.06. The minimum absolute atomic E-state index is 0.00562. The van der Waals surface area contributed by atoms with Crippen molar-refractivity contribution < 1.29 is 9.90 Å². The van der Waals surface area contributed by atoms with Gasteiger partial charge in [-0.15, -0.1) is 0 Å². The van der Waals surface area contributed by atoms with Gasteiger partial charge in [0, 0.05) is 10.2 Å². The van der Waals surface area contributed by atoms with Gasteiger partial charge in [0.15, 0.2) is 0 Å². The van der Waals surface area contributed by atoms with Crippen molar-refractivity contribution in [3.05, 3.63) is 45.5 Å². The summed E-state index contributed by atoms with van der Waals surface area (Å²) in [6.07, 6.45) is 1.39. The van der Waals surface area contributed by atoms with E-state index in [-0.39, 0.29) is 11.4 Å². The van der Waals surface area contributed by atoms with Gasteiger partial charge in [-0.3, -0.25) is 0 Å². The largest absolute Gasteiger partial charge is 0.478 e. The second kappa shape index (κ2) is 5.46. The molecule has 4 N–H and O–H groups in total. The van der Waals surface area contributed by atoms with Gasteiger partial charge in [-0.2, -0.15) is 0 Å². The van der Waals surface area contributed by atoms with Crippen LogP contribution in [0.1, 0.15) is 10.4 Å². The number of anilines is 3. The van der Waals surface area contributed by atoms with Crippen LogP contribution in [0.3, 0.4) is 0 Å². The molecule has 0 unspecified atom stereocenters. The number of nitrogen functional groups attached to an aromatic ring is 1. The molecule has 0 aliphatic heterocycles. The lowest BCUT2D eigenvalue weighted by Gasteiger charge is -2.09. The predicted octanol–water partition coefficient (Wildman–Crippen LogP) is 3.52. The van der Waals surface area contributed by atoms with Gasteiger partial charge in [0.05, 0.1) is 16.9 Å². The molecule has 0 aliphatic rings. The Labute approximate surface area is 122 Å². The molecule has 0 saturated carbocycles. The normalized spacial score (nSPS) is 10.2. The molecule has 0 aliphatic carbocycles. The number of carboxylic acid groups (broad SMARTS) is 1. The van der Waals surface area contributed by atoms with Crippen molar-refractivity contribution >= 4 is 50.7 Å². The average Bonchev–Trinajstić information content (AvgIpc) is 2.36. The number of nitrogens with two attached hydrogens (primary N) is 1. The highest BCUT2D eigenvalue weighted by Gasteiger charge is 2.12. The van der Waals surface area contributed by atoms with Crippen molar-refractivity contribution in [2.75, 3.05) is 11.1 Å². The van der Waals surface area contributed by atoms with Gasteiger partial charge in [0.2, 0.25) is 0 Å². The molecule has 2 rings (SSSR count). The molecule has 5 nitrogen and oxygen atoms in total. The maximum absolute atomic E-state index is 11.1. The van der Waals surface area contributed by atoms with E-state index >= 15 is 0 Å². The Balaban J connectivity index is 2.37. The molecule has 2 aromatic rings. The molecule has 0 amide bonds. The number of nitrogens with zero attached hydrogens (tertiary/aromatic N) is 1. The second-order valence-corrected chi connectivity index (χ2v) is 4.99. The van der Waals surface area contributed by atoms with E-state index in [2.05, 4.69) is 26.2 Å². The van der Waals surface area contributed by atoms with Crippen LogP contribution in [0, 0.1) is 0 Å². The van der Waals surface area contributed by atoms with Crippen LogP contribution in [0.4, 0.5) is 17.2 Å². The number of aromatic carboxylic acids is 1. The summed E-state index contributed by atoms with van der Waals surface area (Å²) in [5.41, 5.74) is 6.48. The molecule has 1 heterocycles. The third-order valence-electron chi connectivity index (χ3n) is 2.32. The molecule has 98 valence electrons. The monoisotopic (exact) mass is 341 g/mol. The van der Waals surface area contributed by atoms with E-state index in [0.29, 0.717) is 20.9 Å². The van der Waals surface area contributed by atoms with Gasteiger partial charge in [-0.05, 0) is 40.2 Å². The fourth-order valence-electron chi connectivity index (χ4n) is 1.45. The highest BCUT2D eigenvalue weighted by Crippen LogP contribution is 2.28. The predicted molar refractivity (Wildman–Crippen MR) is 78.0 cm³/mol. The summed E-state index contributed by atoms with van der Waals surface area (Å²) >= 11 is 9.18. The van der Waals surface area contributed by atoms with E-state index in [1.165, 1.54) is 12.3 Å². The topological polar surface area (TPSA) is 88.2 Å². The number of nitrogens with one attached hydrogen (secondary N) is 1. The van der Waals surface area contributed by atoms with Gasteiger partial charge >= 0.3 is 5.97 Å². The smallest absolute Gasteiger partial charge is 0.339 e. The number of hydrogen-bond acceptors (Lipinski definition) is 4. The van der Waals surface area contributed by atoms with Crippen LogP contribution in [0.2, 0.25) is 5.02 Å². The standard InChI is InChI=1S/C12H9BrClN3O2/c13-9-4-7(1-2-10(9)14)17-11-8(12(18)19)3-6(15)5-16-11/h1-5H,15H2,(H,16,17)(H,18,19). The number of rotatable bonds is 3. The Morgan fingerprint density at radius 3 is 2.79 bits per heavy atom. The summed E-state index contributed by atoms with van der Waals surface area (Å²) in [6, 6.07) is 6.48. The lowest BCUT2D eigenvalue weighted by atomic mass is 10.2. The van der Waals surface area contributed by atoms with E-state index in [0.717, 1.165) is 0 Å². The number of carboxylic acids is 1. The summed E-state index contributed by atoms with van der Waals surface area (Å²) in [5.74, 6) is -0.883. The summed E-state index contributed by atoms with van der Waals surface area (Å²) in [6.45, 7) is 0. The zero-order valence-corrected chi connectivity index (χ0v) is 11.9. The zero-order valence-electron chi connectivity index (χ0n) is 9.52. The number of halogens is 2. The number of carbonyl (C=O) groups is 1. The van der Waals surface area contributed by atoms with Crippen molar-refractivity contribution in [1.29, 1.82) is 0 Å². The molecule has 0 atom stereocenters. The Morgan fingerprint density at radius 1 is 1.42 bits per heavy atom. The Hall–Kier alpha value is -1.79. The summed E-state index contributed by atoms with van der Waals surface area (Å²) in [7, 11) is 0. The molecule has 0 saturated heterocycles. The summed E-state index contributed by atoms with van der Waals surface area (Å²) in [4.78, 5) is 15.1. The van der Waals surface area contributed by atoms with Gasteiger partial charge in [-0.25, -0.2) is 9.78 Å². The Bertz CT molecular complexity index is 649. The van der Waals surface area contributed by atoms with Gasteiger partial charge in [0.25, 0.3) is 0 Å². The molecule has 7 heteroatoms. The Kier molecular flexibility index (Phi) is 3.92. The zero-order chi connectivity index (χ0) is 14.0. The van der Waals surface area contributed by atoms with Gasteiger partial charge < -0.3 is 16.2 Å². The molecule has 0 fully saturated rings. The molecular formula is C12H9BrClN3O2. The molecule has 0 radical (unpaired) electrons. The van der Waals surface area contributed by atoms with Crippen LogP contribution in [-0.4, -0.2) is 16.1 Å². The Morgan fingerprint density at radius 2 is 2.16 bits per heavy atom. The van der Waals surface area contributed by atoms with E-state index in [1.807, 2.05) is 0 Å². The maximum atomic E-state index is 11.1. The van der Waals surface area contributed by atoms with Gasteiger partial charge in [0.1, 0.15) is 11.4 Å². The van der Waals surface area contributed by atoms with E-state index < -0.39 is 5.97 Å². The van der Waals surface area contributed by atoms with Crippen molar-refractivity contribution in [1.82, 2.24) is 4.98 Å². The minimum Gasteiger partial charge on any atom is -0.478 e. The van der Waals surface area contributed by atoms with Crippen molar-refractivity contribution in [3.8, 4) is 0 Å². The average molecular weight is 343 g/mol. The number of benzene rings is 1. The van der Waals surface area contributed by atoms with Crippen LogP contribution in [0.25, 0.3) is 0 Å². The first-order chi connectivity index (χ1) is 8.97. The fourth-order valence-corrected chi connectivity index (χ4v) is 1.95. The lowest BCUT2D eigenvalue weighted by molar-refractivity contribution is 0.0697. The van der Waals surface area contributed by atoms with E-state index in [4.69, 9.17) is 22.4 Å². The highest BCUT2D eigenvalue weighted by atomic mass is 79.9. The maximum Gasteiger partial charge on any atom is 0.339 e. The molecule has 1 aromatic heterocycles. The number of aromatic nitrogens is 1. The van der Waals surface area contributed by atoms with Crippen LogP contribution in [0.15, 0.2) is 34.9 Å². The molecule has 1 aromatic carbocycles. The number of hydrogen-bond donors (Lipinski definition) is 3. The quantitative estimate of drug-likeness (QED) is 0.794. The van der Waals surface area contributed by atoms with Gasteiger partial charge in [-0.1, -0.05) is 11.6 Å². The SMILES string of the molecule is Nc1cnc(Nc2ccc(Cl)c(Br)c2)c(C(=O)O)c1. The second-order valence-electron chi connectivity index (χ2n) is 3.72. The molecular weight excluding hydrogens is 334 g/mol. The molecule has 19 heavy (non-hydrogen) atoms. The highest BCUT2D eigenvalue weighted by molar-refractivity contribution is 9.10. The van der Waals surface area contributed by atoms with E-state index in [1.54, 1.807) is 18.2 Å².